The van der Waals surface area contributed by atoms with Crippen LogP contribution in [0.25, 0.3) is 22.2 Å². The molecule has 4 rings (SSSR count). The Hall–Kier alpha value is -3.40. The fourth-order valence-corrected chi connectivity index (χ4v) is 3.19. The quantitative estimate of drug-likeness (QED) is 0.487. The summed E-state index contributed by atoms with van der Waals surface area (Å²) in [6.45, 7) is 4.61. The Bertz CT molecular complexity index is 1080. The molecule has 4 aromatic rings. The molecule has 0 aliphatic heterocycles. The zero-order valence-corrected chi connectivity index (χ0v) is 15.3. The molecule has 1 aromatic heterocycles. The van der Waals surface area contributed by atoms with Crippen molar-refractivity contribution in [2.45, 2.75) is 13.8 Å². The number of nitrogens with zero attached hydrogens (tertiary/aromatic N) is 2. The summed E-state index contributed by atoms with van der Waals surface area (Å²) in [5.74, 6) is 0.643. The van der Waals surface area contributed by atoms with E-state index in [0.29, 0.717) is 17.9 Å². The lowest BCUT2D eigenvalue weighted by Crippen LogP contribution is -2.30. The Morgan fingerprint density at radius 3 is 2.44 bits per heavy atom. The average molecular weight is 356 g/mol. The van der Waals surface area contributed by atoms with Gasteiger partial charge in [0.05, 0.1) is 5.39 Å². The van der Waals surface area contributed by atoms with Crippen LogP contribution in [0.3, 0.4) is 0 Å². The van der Waals surface area contributed by atoms with Gasteiger partial charge in [0.1, 0.15) is 5.52 Å². The van der Waals surface area contributed by atoms with Gasteiger partial charge in [0.2, 0.25) is 0 Å². The smallest absolute Gasteiger partial charge is 0.258 e. The molecule has 0 saturated carbocycles. The monoisotopic (exact) mass is 356 g/mol. The number of aromatic nitrogens is 1. The van der Waals surface area contributed by atoms with Gasteiger partial charge < -0.3 is 9.42 Å². The molecule has 134 valence electrons. The summed E-state index contributed by atoms with van der Waals surface area (Å²) in [6, 6.07) is 23.3. The number of aryl methyl sites for hydroxylation is 1. The highest BCUT2D eigenvalue weighted by atomic mass is 16.5. The van der Waals surface area contributed by atoms with E-state index in [9.17, 15) is 4.79 Å². The number of amides is 1. The van der Waals surface area contributed by atoms with E-state index in [1.54, 1.807) is 11.0 Å². The van der Waals surface area contributed by atoms with Gasteiger partial charge in [-0.2, -0.15) is 0 Å². The van der Waals surface area contributed by atoms with Crippen LogP contribution < -0.4 is 4.90 Å². The van der Waals surface area contributed by atoms with Crippen LogP contribution in [0.1, 0.15) is 22.8 Å². The van der Waals surface area contributed by atoms with Gasteiger partial charge in [-0.3, -0.25) is 4.79 Å². The number of fused-ring (bicyclic) bond motifs is 1. The van der Waals surface area contributed by atoms with Crippen molar-refractivity contribution in [3.8, 4) is 11.3 Å². The van der Waals surface area contributed by atoms with E-state index in [1.807, 2.05) is 80.6 Å². The van der Waals surface area contributed by atoms with Crippen LogP contribution in [0.2, 0.25) is 0 Å². The molecule has 1 heterocycles. The first-order chi connectivity index (χ1) is 13.2. The molecule has 3 aromatic carbocycles. The topological polar surface area (TPSA) is 46.3 Å². The van der Waals surface area contributed by atoms with Crippen LogP contribution in [0.15, 0.2) is 77.3 Å². The summed E-state index contributed by atoms with van der Waals surface area (Å²) in [5.41, 5.74) is 4.37. The Morgan fingerprint density at radius 2 is 1.74 bits per heavy atom. The first-order valence-corrected chi connectivity index (χ1v) is 9.01. The predicted octanol–water partition coefficient (Wildman–Crippen LogP) is 5.47. The largest absolute Gasteiger partial charge is 0.355 e. The van der Waals surface area contributed by atoms with Crippen LogP contribution in [-0.2, 0) is 0 Å². The molecule has 0 bridgehead atoms. The fraction of sp³-hybridized carbons (Fsp3) is 0.130. The van der Waals surface area contributed by atoms with Crippen molar-refractivity contribution in [3.05, 3.63) is 83.9 Å². The van der Waals surface area contributed by atoms with E-state index in [1.165, 1.54) is 5.56 Å². The van der Waals surface area contributed by atoms with Gasteiger partial charge in [-0.05, 0) is 44.2 Å². The number of anilines is 1. The maximum atomic E-state index is 13.1. The molecule has 4 nitrogen and oxygen atoms in total. The van der Waals surface area contributed by atoms with E-state index in [-0.39, 0.29) is 5.91 Å². The second-order valence-electron chi connectivity index (χ2n) is 6.49. The average Bonchev–Trinajstić information content (AvgIpc) is 3.13. The maximum absolute atomic E-state index is 13.1. The molecular weight excluding hydrogens is 336 g/mol. The van der Waals surface area contributed by atoms with Crippen LogP contribution >= 0.6 is 0 Å². The Kier molecular flexibility index (Phi) is 4.47. The van der Waals surface area contributed by atoms with E-state index in [0.717, 1.165) is 22.2 Å². The molecule has 0 atom stereocenters. The lowest BCUT2D eigenvalue weighted by Gasteiger charge is -2.21. The minimum absolute atomic E-state index is 0.0401. The number of carbonyl (C=O) groups excluding carboxylic acids is 1. The first kappa shape index (κ1) is 17.0. The van der Waals surface area contributed by atoms with Crippen LogP contribution in [0, 0.1) is 6.92 Å². The second-order valence-corrected chi connectivity index (χ2v) is 6.49. The fourth-order valence-electron chi connectivity index (χ4n) is 3.19. The third-order valence-corrected chi connectivity index (χ3v) is 4.67. The van der Waals surface area contributed by atoms with Gasteiger partial charge in [-0.15, -0.1) is 0 Å². The molecule has 0 aliphatic carbocycles. The van der Waals surface area contributed by atoms with Crippen molar-refractivity contribution in [1.29, 1.82) is 0 Å². The molecule has 0 saturated heterocycles. The molecule has 0 aliphatic rings. The second kappa shape index (κ2) is 7.08. The van der Waals surface area contributed by atoms with Crippen molar-refractivity contribution in [3.63, 3.8) is 0 Å². The van der Waals surface area contributed by atoms with E-state index in [4.69, 9.17) is 4.52 Å². The highest BCUT2D eigenvalue weighted by molar-refractivity contribution is 6.08. The third-order valence-electron chi connectivity index (χ3n) is 4.67. The maximum Gasteiger partial charge on any atom is 0.258 e. The molecule has 0 radical (unpaired) electrons. The predicted molar refractivity (Wildman–Crippen MR) is 108 cm³/mol. The van der Waals surface area contributed by atoms with Crippen molar-refractivity contribution in [1.82, 2.24) is 5.16 Å². The van der Waals surface area contributed by atoms with Crippen molar-refractivity contribution in [2.24, 2.45) is 0 Å². The molecule has 27 heavy (non-hydrogen) atoms. The number of hydrogen-bond donors (Lipinski definition) is 0. The van der Waals surface area contributed by atoms with Gasteiger partial charge in [0.25, 0.3) is 5.91 Å². The molecule has 4 heteroatoms. The van der Waals surface area contributed by atoms with Crippen LogP contribution in [0.5, 0.6) is 0 Å². The number of rotatable bonds is 4. The summed E-state index contributed by atoms with van der Waals surface area (Å²) in [4.78, 5) is 14.9. The summed E-state index contributed by atoms with van der Waals surface area (Å²) in [6.07, 6.45) is 0. The minimum Gasteiger partial charge on any atom is -0.355 e. The zero-order valence-electron chi connectivity index (χ0n) is 15.3. The molecule has 0 fully saturated rings. The molecule has 0 unspecified atom stereocenters. The summed E-state index contributed by atoms with van der Waals surface area (Å²) in [7, 11) is 0. The van der Waals surface area contributed by atoms with Gasteiger partial charge in [0, 0.05) is 23.4 Å². The number of para-hydroxylation sites is 1. The van der Waals surface area contributed by atoms with Crippen molar-refractivity contribution < 1.29 is 9.32 Å². The Labute approximate surface area is 158 Å². The minimum atomic E-state index is -0.0401. The highest BCUT2D eigenvalue weighted by Gasteiger charge is 2.18. The number of carbonyl (C=O) groups is 1. The molecule has 0 N–H and O–H groups in total. The van der Waals surface area contributed by atoms with E-state index in [2.05, 4.69) is 5.16 Å². The van der Waals surface area contributed by atoms with Gasteiger partial charge in [0.15, 0.2) is 5.76 Å². The van der Waals surface area contributed by atoms with Crippen molar-refractivity contribution in [2.75, 3.05) is 11.4 Å². The number of benzene rings is 3. The van der Waals surface area contributed by atoms with Gasteiger partial charge in [-0.25, -0.2) is 0 Å². The van der Waals surface area contributed by atoms with Crippen molar-refractivity contribution >= 4 is 22.5 Å². The first-order valence-electron chi connectivity index (χ1n) is 9.01. The highest BCUT2D eigenvalue weighted by Crippen LogP contribution is 2.30. The lowest BCUT2D eigenvalue weighted by molar-refractivity contribution is 0.0988. The summed E-state index contributed by atoms with van der Waals surface area (Å²) in [5, 5.41) is 4.98. The lowest BCUT2D eigenvalue weighted by atomic mass is 10.0. The normalized spacial score (nSPS) is 10.9. The molecule has 0 spiro atoms. The van der Waals surface area contributed by atoms with Crippen LogP contribution in [0.4, 0.5) is 5.69 Å². The SMILES string of the molecule is CCN(C(=O)c1ccc2noc(-c3ccc(C)cc3)c2c1)c1ccccc1. The number of hydrogen-bond acceptors (Lipinski definition) is 3. The zero-order chi connectivity index (χ0) is 18.8. The molecule has 1 amide bonds. The van der Waals surface area contributed by atoms with Gasteiger partial charge in [-0.1, -0.05) is 53.2 Å². The molecular formula is C23H20N2O2. The standard InChI is InChI=1S/C23H20N2O2/c1-3-25(19-7-5-4-6-8-19)23(26)18-13-14-21-20(15-18)22(27-24-21)17-11-9-16(2)10-12-17/h4-15H,3H2,1-2H3. The van der Waals surface area contributed by atoms with E-state index < -0.39 is 0 Å². The Balaban J connectivity index is 1.75. The van der Waals surface area contributed by atoms with Gasteiger partial charge >= 0.3 is 0 Å². The summed E-state index contributed by atoms with van der Waals surface area (Å²) >= 11 is 0. The summed E-state index contributed by atoms with van der Waals surface area (Å²) < 4.78 is 5.57. The van der Waals surface area contributed by atoms with E-state index >= 15 is 0 Å². The Morgan fingerprint density at radius 1 is 1.00 bits per heavy atom. The third kappa shape index (κ3) is 3.22. The van der Waals surface area contributed by atoms with Crippen LogP contribution in [-0.4, -0.2) is 17.6 Å².